The Bertz CT molecular complexity index is 1530. The Hall–Kier alpha value is -2.97. The summed E-state index contributed by atoms with van der Waals surface area (Å²) in [6, 6.07) is 7.81. The number of benzene rings is 1. The van der Waals surface area contributed by atoms with E-state index in [1.165, 1.54) is 0 Å². The first kappa shape index (κ1) is 21.3. The SMILES string of the molecule is CC1(C)C=c2[nH]c3ccccc3c2=C(CCCCS(=O)(=O)O)C1=Cc1c(O)c(=O)c1=O. The van der Waals surface area contributed by atoms with E-state index in [9.17, 15) is 23.1 Å². The van der Waals surface area contributed by atoms with Gasteiger partial charge in [-0.2, -0.15) is 8.42 Å². The molecule has 1 aliphatic rings. The zero-order valence-electron chi connectivity index (χ0n) is 17.2. The zero-order chi connectivity index (χ0) is 22.6. The summed E-state index contributed by atoms with van der Waals surface area (Å²) in [5.74, 6) is -0.849. The number of hydrogen-bond acceptors (Lipinski definition) is 5. The third-order valence-corrected chi connectivity index (χ3v) is 6.65. The van der Waals surface area contributed by atoms with E-state index in [2.05, 4.69) is 11.1 Å². The molecule has 0 aliphatic heterocycles. The molecule has 1 aromatic heterocycles. The van der Waals surface area contributed by atoms with Crippen molar-refractivity contribution in [1.29, 1.82) is 0 Å². The number of fused-ring (bicyclic) bond motifs is 3. The summed E-state index contributed by atoms with van der Waals surface area (Å²) in [6.07, 6.45) is 4.92. The number of para-hydroxylation sites is 1. The maximum absolute atomic E-state index is 12.0. The van der Waals surface area contributed by atoms with Gasteiger partial charge in [0, 0.05) is 26.9 Å². The van der Waals surface area contributed by atoms with Crippen molar-refractivity contribution in [3.05, 3.63) is 66.4 Å². The maximum atomic E-state index is 12.0. The number of aromatic nitrogens is 1. The lowest BCUT2D eigenvalue weighted by molar-refractivity contribution is 0.461. The largest absolute Gasteiger partial charge is 0.504 e. The smallest absolute Gasteiger partial charge is 0.268 e. The van der Waals surface area contributed by atoms with Gasteiger partial charge in [0.1, 0.15) is 0 Å². The Morgan fingerprint density at radius 3 is 2.48 bits per heavy atom. The predicted molar refractivity (Wildman–Crippen MR) is 120 cm³/mol. The number of aromatic amines is 1. The lowest BCUT2D eigenvalue weighted by Gasteiger charge is -2.30. The Morgan fingerprint density at radius 1 is 1.10 bits per heavy atom. The Kier molecular flexibility index (Phi) is 5.02. The zero-order valence-corrected chi connectivity index (χ0v) is 18.0. The number of unbranched alkanes of at least 4 members (excludes halogenated alkanes) is 1. The van der Waals surface area contributed by atoms with E-state index in [-0.39, 0.29) is 17.7 Å². The van der Waals surface area contributed by atoms with Crippen molar-refractivity contribution < 1.29 is 18.1 Å². The van der Waals surface area contributed by atoms with Crippen LogP contribution in [0.25, 0.3) is 28.6 Å². The molecule has 0 atom stereocenters. The second-order valence-electron chi connectivity index (χ2n) is 8.53. The third kappa shape index (κ3) is 3.77. The van der Waals surface area contributed by atoms with Gasteiger partial charge in [-0.3, -0.25) is 14.1 Å². The summed E-state index contributed by atoms with van der Waals surface area (Å²) in [6.45, 7) is 3.96. The number of aromatic hydroxyl groups is 1. The van der Waals surface area contributed by atoms with Crippen molar-refractivity contribution >= 4 is 38.7 Å². The summed E-state index contributed by atoms with van der Waals surface area (Å²) in [7, 11) is -4.04. The lowest BCUT2D eigenvalue weighted by Crippen LogP contribution is -2.37. The fourth-order valence-electron chi connectivity index (χ4n) is 4.35. The molecular formula is C23H23NO6S. The van der Waals surface area contributed by atoms with Crippen LogP contribution in [0.15, 0.2) is 39.4 Å². The van der Waals surface area contributed by atoms with Gasteiger partial charge in [-0.05, 0) is 42.6 Å². The van der Waals surface area contributed by atoms with Crippen LogP contribution in [0.1, 0.15) is 38.7 Å². The molecule has 162 valence electrons. The van der Waals surface area contributed by atoms with Gasteiger partial charge in [0.25, 0.3) is 15.5 Å². The molecule has 0 fully saturated rings. The summed E-state index contributed by atoms with van der Waals surface area (Å²) >= 11 is 0. The van der Waals surface area contributed by atoms with E-state index in [4.69, 9.17) is 4.55 Å². The summed E-state index contributed by atoms with van der Waals surface area (Å²) in [4.78, 5) is 26.9. The van der Waals surface area contributed by atoms with E-state index in [1.54, 1.807) is 6.08 Å². The highest BCUT2D eigenvalue weighted by Gasteiger charge is 2.30. The first-order valence-corrected chi connectivity index (χ1v) is 11.6. The number of nitrogens with one attached hydrogen (secondary N) is 1. The number of allylic oxidation sites excluding steroid dienone is 1. The molecule has 0 saturated heterocycles. The van der Waals surface area contributed by atoms with E-state index in [1.807, 2.05) is 38.1 Å². The quantitative estimate of drug-likeness (QED) is 0.303. The highest BCUT2D eigenvalue weighted by molar-refractivity contribution is 7.85. The van der Waals surface area contributed by atoms with Crippen LogP contribution in [-0.4, -0.2) is 28.8 Å². The molecule has 1 aliphatic carbocycles. The van der Waals surface area contributed by atoms with Gasteiger partial charge < -0.3 is 10.1 Å². The molecule has 4 rings (SSSR count). The van der Waals surface area contributed by atoms with Crippen molar-refractivity contribution in [2.45, 2.75) is 33.1 Å². The molecule has 8 heteroatoms. The Morgan fingerprint density at radius 2 is 1.81 bits per heavy atom. The first-order valence-electron chi connectivity index (χ1n) is 10.0. The molecule has 31 heavy (non-hydrogen) atoms. The molecule has 0 saturated carbocycles. The van der Waals surface area contributed by atoms with Crippen molar-refractivity contribution in [2.24, 2.45) is 5.41 Å². The topological polar surface area (TPSA) is 125 Å². The predicted octanol–water partition coefficient (Wildman–Crippen LogP) is 1.58. The molecule has 0 amide bonds. The number of hydrogen-bond donors (Lipinski definition) is 3. The molecule has 1 heterocycles. The fraction of sp³-hybridized carbons (Fsp3) is 0.304. The maximum Gasteiger partial charge on any atom is 0.268 e. The summed E-state index contributed by atoms with van der Waals surface area (Å²) < 4.78 is 31.2. The van der Waals surface area contributed by atoms with Crippen molar-refractivity contribution in [3.63, 3.8) is 0 Å². The first-order chi connectivity index (χ1) is 14.5. The molecule has 3 N–H and O–H groups in total. The van der Waals surface area contributed by atoms with E-state index >= 15 is 0 Å². The summed E-state index contributed by atoms with van der Waals surface area (Å²) in [5.41, 5.74) is 0.552. The molecule has 0 unspecified atom stereocenters. The second-order valence-corrected chi connectivity index (χ2v) is 10.1. The van der Waals surface area contributed by atoms with Gasteiger partial charge in [-0.15, -0.1) is 0 Å². The molecule has 2 aromatic carbocycles. The molecule has 0 bridgehead atoms. The normalized spacial score (nSPS) is 17.3. The molecule has 0 spiro atoms. The van der Waals surface area contributed by atoms with E-state index in [0.29, 0.717) is 12.8 Å². The average Bonchev–Trinajstić information content (AvgIpc) is 3.05. The monoisotopic (exact) mass is 441 g/mol. The third-order valence-electron chi connectivity index (χ3n) is 5.85. The van der Waals surface area contributed by atoms with Crippen LogP contribution in [0.3, 0.4) is 0 Å². The van der Waals surface area contributed by atoms with Crippen molar-refractivity contribution in [1.82, 2.24) is 4.98 Å². The Balaban J connectivity index is 1.93. The van der Waals surface area contributed by atoms with Gasteiger partial charge in [0.2, 0.25) is 5.43 Å². The second kappa shape index (κ2) is 7.32. The fourth-order valence-corrected chi connectivity index (χ4v) is 4.92. The Labute approximate surface area is 178 Å². The van der Waals surface area contributed by atoms with E-state index < -0.39 is 32.1 Å². The van der Waals surface area contributed by atoms with Crippen molar-refractivity contribution in [2.75, 3.05) is 5.75 Å². The van der Waals surface area contributed by atoms with Crippen LogP contribution < -0.4 is 21.4 Å². The van der Waals surface area contributed by atoms with Crippen LogP contribution in [0.2, 0.25) is 0 Å². The highest BCUT2D eigenvalue weighted by atomic mass is 32.2. The van der Waals surface area contributed by atoms with Crippen LogP contribution >= 0.6 is 0 Å². The minimum atomic E-state index is -4.04. The standard InChI is InChI=1S/C23H23NO6S/c1-23(2)12-18-19(14-8-3-4-9-17(14)24-18)13(7-5-6-10-31(28,29)30)16(23)11-15-20(25)22(27)21(15)26/h3-4,8-9,11-12,24-25H,5-7,10H2,1-2H3,(H,28,29,30). The van der Waals surface area contributed by atoms with Gasteiger partial charge >= 0.3 is 0 Å². The minimum absolute atomic E-state index is 0.000187. The van der Waals surface area contributed by atoms with Crippen LogP contribution in [-0.2, 0) is 10.1 Å². The molecule has 0 radical (unpaired) electrons. The lowest BCUT2D eigenvalue weighted by atomic mass is 9.74. The number of H-pyrrole nitrogens is 1. The molecular weight excluding hydrogens is 418 g/mol. The van der Waals surface area contributed by atoms with Crippen molar-refractivity contribution in [3.8, 4) is 5.75 Å². The van der Waals surface area contributed by atoms with Gasteiger partial charge in [0.05, 0.1) is 11.3 Å². The van der Waals surface area contributed by atoms with E-state index in [0.717, 1.165) is 32.6 Å². The van der Waals surface area contributed by atoms with Crippen LogP contribution in [0.4, 0.5) is 0 Å². The van der Waals surface area contributed by atoms with Gasteiger partial charge in [-0.1, -0.05) is 38.1 Å². The van der Waals surface area contributed by atoms with Gasteiger partial charge in [0.15, 0.2) is 5.75 Å². The summed E-state index contributed by atoms with van der Waals surface area (Å²) in [5, 5.41) is 12.8. The molecule has 7 nitrogen and oxygen atoms in total. The molecule has 3 aromatic rings. The van der Waals surface area contributed by atoms with Crippen LogP contribution in [0.5, 0.6) is 5.75 Å². The highest BCUT2D eigenvalue weighted by Crippen LogP contribution is 2.39. The average molecular weight is 442 g/mol. The van der Waals surface area contributed by atoms with Gasteiger partial charge in [-0.25, -0.2) is 0 Å². The number of rotatable bonds is 6. The van der Waals surface area contributed by atoms with Crippen LogP contribution in [0, 0.1) is 5.41 Å². The minimum Gasteiger partial charge on any atom is -0.504 e.